The van der Waals surface area contributed by atoms with Crippen LogP contribution in [0.2, 0.25) is 0 Å². The fourth-order valence-corrected chi connectivity index (χ4v) is 6.73. The van der Waals surface area contributed by atoms with Crippen molar-refractivity contribution in [2.24, 2.45) is 11.8 Å². The van der Waals surface area contributed by atoms with Gasteiger partial charge in [0.15, 0.2) is 0 Å². The van der Waals surface area contributed by atoms with Gasteiger partial charge in [-0.3, -0.25) is 14.5 Å². The molecule has 4 fully saturated rings. The SMILES string of the molecule is CC(=O)O[C@H]1CC[C@@]23[C@@H]4CCCN2CCC[C@]3(O)[C@H]1C[C@H]4OC(C)=O. The van der Waals surface area contributed by atoms with Crippen molar-refractivity contribution in [3.05, 3.63) is 0 Å². The van der Waals surface area contributed by atoms with E-state index >= 15 is 0 Å². The van der Waals surface area contributed by atoms with Crippen LogP contribution >= 0.6 is 0 Å². The molecule has 2 aliphatic heterocycles. The lowest BCUT2D eigenvalue weighted by atomic mass is 9.46. The van der Waals surface area contributed by atoms with E-state index in [1.807, 2.05) is 0 Å². The summed E-state index contributed by atoms with van der Waals surface area (Å²) in [6.07, 6.45) is 5.49. The lowest BCUT2D eigenvalue weighted by molar-refractivity contribution is -0.293. The van der Waals surface area contributed by atoms with Gasteiger partial charge < -0.3 is 14.6 Å². The molecule has 0 aromatic rings. The van der Waals surface area contributed by atoms with E-state index in [4.69, 9.17) is 9.47 Å². The maximum atomic E-state index is 11.9. The molecule has 1 N–H and O–H groups in total. The Balaban J connectivity index is 1.77. The number of carbonyl (C=O) groups excluding carboxylic acids is 2. The van der Waals surface area contributed by atoms with Crippen LogP contribution in [0.25, 0.3) is 0 Å². The molecule has 2 heterocycles. The smallest absolute Gasteiger partial charge is 0.302 e. The van der Waals surface area contributed by atoms with Crippen LogP contribution in [0, 0.1) is 11.8 Å². The Morgan fingerprint density at radius 3 is 2.36 bits per heavy atom. The van der Waals surface area contributed by atoms with Gasteiger partial charge in [-0.1, -0.05) is 0 Å². The minimum Gasteiger partial charge on any atom is -0.462 e. The summed E-state index contributed by atoms with van der Waals surface area (Å²) in [5.74, 6) is -0.550. The molecule has 140 valence electrons. The Kier molecular flexibility index (Phi) is 4.11. The van der Waals surface area contributed by atoms with E-state index in [9.17, 15) is 14.7 Å². The second kappa shape index (κ2) is 5.95. The molecule has 6 heteroatoms. The molecule has 1 spiro atoms. The number of aliphatic hydroxyl groups is 1. The molecule has 0 radical (unpaired) electrons. The van der Waals surface area contributed by atoms with Gasteiger partial charge in [0.1, 0.15) is 12.2 Å². The number of rotatable bonds is 2. The third-order valence-corrected chi connectivity index (χ3v) is 7.30. The van der Waals surface area contributed by atoms with Gasteiger partial charge >= 0.3 is 11.9 Å². The molecule has 2 saturated heterocycles. The molecule has 25 heavy (non-hydrogen) atoms. The van der Waals surface area contributed by atoms with Crippen LogP contribution in [0.4, 0.5) is 0 Å². The van der Waals surface area contributed by atoms with E-state index < -0.39 is 5.60 Å². The lowest BCUT2D eigenvalue weighted by Crippen LogP contribution is -2.81. The first kappa shape index (κ1) is 17.3. The third kappa shape index (κ3) is 2.36. The van der Waals surface area contributed by atoms with Crippen molar-refractivity contribution in [1.82, 2.24) is 4.90 Å². The highest BCUT2D eigenvalue weighted by Crippen LogP contribution is 2.62. The fourth-order valence-electron chi connectivity index (χ4n) is 6.73. The topological polar surface area (TPSA) is 76.1 Å². The van der Waals surface area contributed by atoms with Gasteiger partial charge in [0.25, 0.3) is 0 Å². The minimum absolute atomic E-state index is 0.161. The number of nitrogens with zero attached hydrogens (tertiary/aromatic N) is 1. The molecule has 0 aromatic carbocycles. The molecule has 2 bridgehead atoms. The lowest BCUT2D eigenvalue weighted by Gasteiger charge is -2.71. The highest BCUT2D eigenvalue weighted by Gasteiger charge is 2.71. The minimum atomic E-state index is -0.856. The zero-order valence-electron chi connectivity index (χ0n) is 15.2. The normalized spacial score (nSPS) is 46.0. The Hall–Kier alpha value is -1.14. The maximum absolute atomic E-state index is 11.9. The van der Waals surface area contributed by atoms with Crippen molar-refractivity contribution >= 4 is 11.9 Å². The average Bonchev–Trinajstić information content (AvgIpc) is 2.52. The highest BCUT2D eigenvalue weighted by atomic mass is 16.6. The van der Waals surface area contributed by atoms with Gasteiger partial charge in [0.2, 0.25) is 0 Å². The second-order valence-corrected chi connectivity index (χ2v) is 8.36. The van der Waals surface area contributed by atoms with E-state index in [1.165, 1.54) is 13.8 Å². The predicted molar refractivity (Wildman–Crippen MR) is 89.7 cm³/mol. The molecule has 0 unspecified atom stereocenters. The van der Waals surface area contributed by atoms with Crippen molar-refractivity contribution in [3.8, 4) is 0 Å². The summed E-state index contributed by atoms with van der Waals surface area (Å²) in [7, 11) is 0. The zero-order valence-corrected chi connectivity index (χ0v) is 15.2. The Morgan fingerprint density at radius 1 is 0.960 bits per heavy atom. The van der Waals surface area contributed by atoms with E-state index in [0.29, 0.717) is 6.42 Å². The van der Waals surface area contributed by atoms with Crippen molar-refractivity contribution in [3.63, 3.8) is 0 Å². The van der Waals surface area contributed by atoms with Gasteiger partial charge in [-0.05, 0) is 58.0 Å². The van der Waals surface area contributed by atoms with E-state index in [2.05, 4.69) is 4.90 Å². The largest absolute Gasteiger partial charge is 0.462 e. The first-order valence-corrected chi connectivity index (χ1v) is 9.70. The first-order valence-electron chi connectivity index (χ1n) is 9.70. The van der Waals surface area contributed by atoms with Crippen molar-refractivity contribution in [2.75, 3.05) is 13.1 Å². The van der Waals surface area contributed by atoms with Gasteiger partial charge in [0, 0.05) is 25.7 Å². The van der Waals surface area contributed by atoms with Crippen molar-refractivity contribution in [2.45, 2.75) is 82.1 Å². The summed E-state index contributed by atoms with van der Waals surface area (Å²) < 4.78 is 11.3. The number of hydrogen-bond acceptors (Lipinski definition) is 6. The van der Waals surface area contributed by atoms with Crippen molar-refractivity contribution < 1.29 is 24.2 Å². The summed E-state index contributed by atoms with van der Waals surface area (Å²) in [5, 5.41) is 11.9. The van der Waals surface area contributed by atoms with Gasteiger partial charge in [0.05, 0.1) is 11.1 Å². The van der Waals surface area contributed by atoms with Crippen LogP contribution in [-0.2, 0) is 19.1 Å². The fraction of sp³-hybridized carbons (Fsp3) is 0.895. The van der Waals surface area contributed by atoms with Crippen LogP contribution in [0.1, 0.15) is 58.8 Å². The first-order chi connectivity index (χ1) is 11.9. The number of ether oxygens (including phenoxy) is 2. The van der Waals surface area contributed by atoms with Gasteiger partial charge in [-0.25, -0.2) is 0 Å². The number of piperidine rings is 2. The predicted octanol–water partition coefficient (Wildman–Crippen LogP) is 1.64. The van der Waals surface area contributed by atoms with Gasteiger partial charge in [-0.2, -0.15) is 0 Å². The summed E-state index contributed by atoms with van der Waals surface area (Å²) in [6, 6.07) is 0. The second-order valence-electron chi connectivity index (χ2n) is 8.36. The number of esters is 2. The monoisotopic (exact) mass is 351 g/mol. The summed E-state index contributed by atoms with van der Waals surface area (Å²) in [4.78, 5) is 25.8. The van der Waals surface area contributed by atoms with E-state index in [0.717, 1.165) is 51.6 Å². The molecule has 2 aliphatic carbocycles. The summed E-state index contributed by atoms with van der Waals surface area (Å²) in [6.45, 7) is 4.88. The summed E-state index contributed by atoms with van der Waals surface area (Å²) >= 11 is 0. The van der Waals surface area contributed by atoms with Crippen LogP contribution in [0.3, 0.4) is 0 Å². The average molecular weight is 351 g/mol. The standard InChI is InChI=1S/C19H29NO5/c1-12(21)24-16-6-8-18-14-5-3-9-20(18)10-4-7-19(18,23)15(16)11-17(14)25-13(2)22/h14-17,23H,3-11H2,1-2H3/t14-,15+,16+,17-,18+,19+/m1/s1. The molecule has 6 nitrogen and oxygen atoms in total. The van der Waals surface area contributed by atoms with Crippen LogP contribution in [0.15, 0.2) is 0 Å². The number of carbonyl (C=O) groups is 2. The van der Waals surface area contributed by atoms with Crippen molar-refractivity contribution in [1.29, 1.82) is 0 Å². The van der Waals surface area contributed by atoms with Crippen LogP contribution in [-0.4, -0.2) is 58.4 Å². The molecule has 0 amide bonds. The quantitative estimate of drug-likeness (QED) is 0.762. The molecular formula is C19H29NO5. The Morgan fingerprint density at radius 2 is 1.64 bits per heavy atom. The highest BCUT2D eigenvalue weighted by molar-refractivity contribution is 5.66. The van der Waals surface area contributed by atoms with Gasteiger partial charge in [-0.15, -0.1) is 0 Å². The summed E-state index contributed by atoms with van der Waals surface area (Å²) in [5.41, 5.74) is -1.19. The third-order valence-electron chi connectivity index (χ3n) is 7.30. The maximum Gasteiger partial charge on any atom is 0.302 e. The van der Waals surface area contributed by atoms with E-state index in [1.54, 1.807) is 0 Å². The molecule has 0 aromatic heterocycles. The molecule has 2 saturated carbocycles. The van der Waals surface area contributed by atoms with Crippen LogP contribution in [0.5, 0.6) is 0 Å². The van der Waals surface area contributed by atoms with E-state index in [-0.39, 0.29) is 41.5 Å². The molecular weight excluding hydrogens is 322 g/mol. The molecule has 4 aliphatic rings. The molecule has 6 atom stereocenters. The van der Waals surface area contributed by atoms with Crippen LogP contribution < -0.4 is 0 Å². The molecule has 4 rings (SSSR count). The zero-order chi connectivity index (χ0) is 17.8. The Labute approximate surface area is 148 Å². The number of hydrogen-bond donors (Lipinski definition) is 1. The Bertz CT molecular complexity index is 578.